The Bertz CT molecular complexity index is 1000. The lowest BCUT2D eigenvalue weighted by molar-refractivity contribution is -0.141. The van der Waals surface area contributed by atoms with Gasteiger partial charge in [0, 0.05) is 5.56 Å². The van der Waals surface area contributed by atoms with Crippen LogP contribution in [0.3, 0.4) is 0 Å². The zero-order valence-electron chi connectivity index (χ0n) is 14.9. The summed E-state index contributed by atoms with van der Waals surface area (Å²) in [5.74, 6) is 0.197. The summed E-state index contributed by atoms with van der Waals surface area (Å²) in [7, 11) is 0. The number of nitrogen functional groups attached to an aromatic ring is 1. The number of nitrogens with two attached hydrogens (primary N) is 1. The maximum absolute atomic E-state index is 9.44. The van der Waals surface area contributed by atoms with Gasteiger partial charge in [0.2, 0.25) is 5.69 Å². The van der Waals surface area contributed by atoms with Crippen LogP contribution in [0.15, 0.2) is 24.3 Å². The van der Waals surface area contributed by atoms with Crippen molar-refractivity contribution in [3.63, 3.8) is 0 Å². The van der Waals surface area contributed by atoms with E-state index in [4.69, 9.17) is 38.7 Å². The summed E-state index contributed by atoms with van der Waals surface area (Å²) in [5.41, 5.74) is 7.35. The maximum atomic E-state index is 9.44. The van der Waals surface area contributed by atoms with Gasteiger partial charge in [-0.2, -0.15) is 5.26 Å². The average Bonchev–Trinajstić information content (AvgIpc) is 2.99. The second kappa shape index (κ2) is 7.37. The number of pyridine rings is 1. The van der Waals surface area contributed by atoms with E-state index in [0.717, 1.165) is 0 Å². The number of aromatic amines is 1. The number of nitriles is 1. The number of rotatable bonds is 4. The van der Waals surface area contributed by atoms with E-state index in [-0.39, 0.29) is 27.8 Å². The van der Waals surface area contributed by atoms with E-state index in [1.165, 1.54) is 0 Å². The van der Waals surface area contributed by atoms with Crippen molar-refractivity contribution >= 4 is 23.7 Å². The van der Waals surface area contributed by atoms with E-state index < -0.39 is 5.79 Å². The van der Waals surface area contributed by atoms with Gasteiger partial charge in [-0.15, -0.1) is 0 Å². The number of hydrogen-bond donors (Lipinski definition) is 2. The van der Waals surface area contributed by atoms with Crippen LogP contribution in [0.1, 0.15) is 19.4 Å². The molecular formula is C19H18N4O3S. The van der Waals surface area contributed by atoms with Gasteiger partial charge in [0.05, 0.1) is 18.7 Å². The highest BCUT2D eigenvalue weighted by atomic mass is 32.1. The van der Waals surface area contributed by atoms with Crippen molar-refractivity contribution in [1.29, 1.82) is 5.26 Å². The Kier molecular flexibility index (Phi) is 5.15. The molecule has 1 fully saturated rings. The SMILES string of the molecule is [C-]#[N+]c1c(N)[nH]c(=S)c(C#N)c1-c1ccc(OC[C@@H]2COC(C)(C)O2)cc1. The first-order valence-corrected chi connectivity index (χ1v) is 8.64. The molecule has 0 spiro atoms. The number of anilines is 1. The van der Waals surface area contributed by atoms with Gasteiger partial charge < -0.3 is 24.9 Å². The molecule has 1 aromatic carbocycles. The Balaban J connectivity index is 1.84. The van der Waals surface area contributed by atoms with Crippen LogP contribution in [0, 0.1) is 22.5 Å². The van der Waals surface area contributed by atoms with Crippen molar-refractivity contribution in [1.82, 2.24) is 4.98 Å². The fourth-order valence-electron chi connectivity index (χ4n) is 2.87. The molecule has 3 rings (SSSR count). The molecule has 0 aliphatic carbocycles. The molecule has 0 radical (unpaired) electrons. The first-order chi connectivity index (χ1) is 12.8. The average molecular weight is 382 g/mol. The van der Waals surface area contributed by atoms with Crippen LogP contribution in [0.4, 0.5) is 11.5 Å². The largest absolute Gasteiger partial charge is 0.491 e. The van der Waals surface area contributed by atoms with E-state index in [2.05, 4.69) is 15.9 Å². The topological polar surface area (TPSA) is 97.7 Å². The quantitative estimate of drug-likeness (QED) is 0.614. The highest BCUT2D eigenvalue weighted by Gasteiger charge is 2.32. The first-order valence-electron chi connectivity index (χ1n) is 8.23. The molecule has 1 aromatic heterocycles. The summed E-state index contributed by atoms with van der Waals surface area (Å²) < 4.78 is 17.2. The first kappa shape index (κ1) is 18.9. The maximum Gasteiger partial charge on any atom is 0.234 e. The van der Waals surface area contributed by atoms with Gasteiger partial charge in [-0.05, 0) is 31.5 Å². The number of ether oxygens (including phenoxy) is 3. The van der Waals surface area contributed by atoms with E-state index >= 15 is 0 Å². The van der Waals surface area contributed by atoms with Crippen molar-refractivity contribution in [2.45, 2.75) is 25.7 Å². The van der Waals surface area contributed by atoms with Gasteiger partial charge in [-0.25, -0.2) is 4.85 Å². The minimum absolute atomic E-state index is 0.134. The molecule has 8 heteroatoms. The number of benzene rings is 1. The summed E-state index contributed by atoms with van der Waals surface area (Å²) in [6, 6.07) is 9.12. The summed E-state index contributed by atoms with van der Waals surface area (Å²) in [5, 5.41) is 9.44. The lowest BCUT2D eigenvalue weighted by Gasteiger charge is -2.17. The molecule has 2 aromatic rings. The normalized spacial score (nSPS) is 17.9. The second-order valence-electron chi connectivity index (χ2n) is 6.48. The van der Waals surface area contributed by atoms with Crippen LogP contribution in [0.25, 0.3) is 16.0 Å². The summed E-state index contributed by atoms with van der Waals surface area (Å²) in [6.07, 6.45) is -0.134. The van der Waals surface area contributed by atoms with Gasteiger partial charge in [0.15, 0.2) is 5.79 Å². The molecule has 0 amide bonds. The summed E-state index contributed by atoms with van der Waals surface area (Å²) >= 11 is 5.17. The van der Waals surface area contributed by atoms with E-state index in [1.807, 2.05) is 13.8 Å². The third kappa shape index (κ3) is 3.93. The fraction of sp³-hybridized carbons (Fsp3) is 0.316. The number of aromatic nitrogens is 1. The van der Waals surface area contributed by atoms with Crippen molar-refractivity contribution in [2.24, 2.45) is 0 Å². The number of nitrogens with zero attached hydrogens (tertiary/aromatic N) is 2. The van der Waals surface area contributed by atoms with Crippen LogP contribution in [-0.4, -0.2) is 30.1 Å². The minimum Gasteiger partial charge on any atom is -0.491 e. The predicted octanol–water partition coefficient (Wildman–Crippen LogP) is 3.95. The van der Waals surface area contributed by atoms with Gasteiger partial charge >= 0.3 is 0 Å². The molecule has 138 valence electrons. The van der Waals surface area contributed by atoms with E-state index in [1.54, 1.807) is 24.3 Å². The molecule has 1 aliphatic heterocycles. The van der Waals surface area contributed by atoms with Crippen LogP contribution in [0.5, 0.6) is 5.75 Å². The summed E-state index contributed by atoms with van der Waals surface area (Å²) in [4.78, 5) is 6.15. The standard InChI is InChI=1S/C19H18N4O3S/c1-19(2)25-10-13(26-19)9-24-12-6-4-11(5-7-12)15-14(8-20)18(27)23-17(21)16(15)22-3/h4-7,13H,9-10H2,1-2H3,(H3,21,23,27)/t13-/m1/s1. The van der Waals surface area contributed by atoms with Gasteiger partial charge in [-0.3, -0.25) is 0 Å². The molecule has 0 saturated carbocycles. The van der Waals surface area contributed by atoms with Crippen LogP contribution in [0.2, 0.25) is 0 Å². The van der Waals surface area contributed by atoms with Crippen molar-refractivity contribution in [2.75, 3.05) is 18.9 Å². The zero-order valence-corrected chi connectivity index (χ0v) is 15.7. The van der Waals surface area contributed by atoms with Crippen molar-refractivity contribution in [3.8, 4) is 22.9 Å². The monoisotopic (exact) mass is 382 g/mol. The van der Waals surface area contributed by atoms with Crippen molar-refractivity contribution in [3.05, 3.63) is 45.9 Å². The Hall–Kier alpha value is -2.91. The lowest BCUT2D eigenvalue weighted by atomic mass is 10.00. The third-order valence-electron chi connectivity index (χ3n) is 4.09. The molecule has 1 aliphatic rings. The number of H-pyrrole nitrogens is 1. The molecule has 2 heterocycles. The summed E-state index contributed by atoms with van der Waals surface area (Å²) in [6.45, 7) is 11.9. The highest BCUT2D eigenvalue weighted by Crippen LogP contribution is 2.38. The van der Waals surface area contributed by atoms with Gasteiger partial charge in [-0.1, -0.05) is 24.4 Å². The minimum atomic E-state index is -0.589. The fourth-order valence-corrected chi connectivity index (χ4v) is 3.12. The Morgan fingerprint density at radius 1 is 1.44 bits per heavy atom. The zero-order chi connectivity index (χ0) is 19.6. The molecular weight excluding hydrogens is 364 g/mol. The lowest BCUT2D eigenvalue weighted by Crippen LogP contribution is -2.25. The highest BCUT2D eigenvalue weighted by molar-refractivity contribution is 7.71. The van der Waals surface area contributed by atoms with E-state index in [9.17, 15) is 5.26 Å². The number of hydrogen-bond acceptors (Lipinski definition) is 6. The molecule has 27 heavy (non-hydrogen) atoms. The Morgan fingerprint density at radius 3 is 2.70 bits per heavy atom. The molecule has 0 bridgehead atoms. The second-order valence-corrected chi connectivity index (χ2v) is 6.88. The number of nitrogens with one attached hydrogen (secondary N) is 1. The predicted molar refractivity (Wildman–Crippen MR) is 103 cm³/mol. The molecule has 3 N–H and O–H groups in total. The van der Waals surface area contributed by atoms with Gasteiger partial charge in [0.1, 0.15) is 35.0 Å². The Morgan fingerprint density at radius 2 is 2.15 bits per heavy atom. The van der Waals surface area contributed by atoms with Crippen LogP contribution >= 0.6 is 12.2 Å². The molecule has 7 nitrogen and oxygen atoms in total. The van der Waals surface area contributed by atoms with Crippen molar-refractivity contribution < 1.29 is 14.2 Å². The van der Waals surface area contributed by atoms with Crippen LogP contribution in [-0.2, 0) is 9.47 Å². The molecule has 1 atom stereocenters. The third-order valence-corrected chi connectivity index (χ3v) is 4.39. The van der Waals surface area contributed by atoms with Crippen LogP contribution < -0.4 is 10.5 Å². The van der Waals surface area contributed by atoms with E-state index in [0.29, 0.717) is 30.1 Å². The molecule has 0 unspecified atom stereocenters. The smallest absolute Gasteiger partial charge is 0.234 e. The Labute approximate surface area is 162 Å². The molecule has 1 saturated heterocycles. The van der Waals surface area contributed by atoms with Gasteiger partial charge in [0.25, 0.3) is 0 Å².